The maximum Gasteiger partial charge on any atom is 0.265 e. The van der Waals surface area contributed by atoms with Crippen molar-refractivity contribution >= 4 is 21.8 Å². The van der Waals surface area contributed by atoms with Crippen molar-refractivity contribution in [1.82, 2.24) is 10.3 Å². The van der Waals surface area contributed by atoms with Gasteiger partial charge in [-0.15, -0.1) is 0 Å². The van der Waals surface area contributed by atoms with Gasteiger partial charge in [-0.3, -0.25) is 15.1 Å². The molecule has 0 bridgehead atoms. The van der Waals surface area contributed by atoms with Crippen LogP contribution in [0.5, 0.6) is 0 Å². The number of carbonyl (C=O) groups is 1. The molecule has 5 nitrogen and oxygen atoms in total. The Hall–Kier alpha value is -0.950. The fourth-order valence-corrected chi connectivity index (χ4v) is 1.99. The van der Waals surface area contributed by atoms with Gasteiger partial charge in [0.15, 0.2) is 0 Å². The van der Waals surface area contributed by atoms with Gasteiger partial charge in [-0.05, 0) is 38.6 Å². The van der Waals surface area contributed by atoms with Gasteiger partial charge in [0.2, 0.25) is 0 Å². The van der Waals surface area contributed by atoms with E-state index in [1.165, 1.54) is 0 Å². The van der Waals surface area contributed by atoms with Gasteiger partial charge in [0.05, 0.1) is 6.61 Å². The lowest BCUT2D eigenvalue weighted by Gasteiger charge is -2.34. The van der Waals surface area contributed by atoms with E-state index in [2.05, 4.69) is 26.3 Å². The largest absolute Gasteiger partial charge is 0.394 e. The molecule has 1 aromatic rings. The molecule has 0 unspecified atom stereocenters. The third-order valence-corrected chi connectivity index (χ3v) is 4.01. The van der Waals surface area contributed by atoms with E-state index in [1.807, 2.05) is 27.0 Å². The van der Waals surface area contributed by atoms with E-state index < -0.39 is 0 Å². The molecule has 0 atom stereocenters. The van der Waals surface area contributed by atoms with Crippen molar-refractivity contribution in [2.45, 2.75) is 25.9 Å². The van der Waals surface area contributed by atoms with Crippen LogP contribution in [0.3, 0.4) is 0 Å². The highest BCUT2D eigenvalue weighted by molar-refractivity contribution is 9.10. The van der Waals surface area contributed by atoms with E-state index in [9.17, 15) is 9.90 Å². The minimum absolute atomic E-state index is 0.0782. The van der Waals surface area contributed by atoms with Crippen LogP contribution >= 0.6 is 15.9 Å². The number of hydrogen-bond acceptors (Lipinski definition) is 4. The molecule has 6 heteroatoms. The van der Waals surface area contributed by atoms with Crippen LogP contribution in [0.2, 0.25) is 0 Å². The number of benzene rings is 1. The van der Waals surface area contributed by atoms with Crippen molar-refractivity contribution in [3.8, 4) is 0 Å². The predicted molar refractivity (Wildman–Crippen MR) is 78.4 cm³/mol. The lowest BCUT2D eigenvalue weighted by molar-refractivity contribution is 0.0732. The van der Waals surface area contributed by atoms with Crippen molar-refractivity contribution < 1.29 is 9.90 Å². The molecule has 0 spiro atoms. The number of carbonyl (C=O) groups excluding carboxylic acids is 1. The molecule has 1 rings (SSSR count). The highest BCUT2D eigenvalue weighted by Gasteiger charge is 2.23. The van der Waals surface area contributed by atoms with Crippen LogP contribution in [-0.2, 0) is 6.54 Å². The molecule has 1 amide bonds. The molecule has 0 radical (unpaired) electrons. The zero-order valence-corrected chi connectivity index (χ0v) is 13.0. The molecule has 0 aliphatic carbocycles. The Labute approximate surface area is 121 Å². The number of aliphatic hydroxyl groups excluding tert-OH is 1. The molecule has 0 aromatic heterocycles. The molecule has 0 aliphatic heterocycles. The zero-order chi connectivity index (χ0) is 14.6. The molecule has 0 heterocycles. The lowest BCUT2D eigenvalue weighted by Crippen LogP contribution is -2.43. The molecule has 106 valence electrons. The van der Waals surface area contributed by atoms with Crippen LogP contribution in [-0.4, -0.2) is 35.1 Å². The molecular formula is C13H20BrN3O2. The van der Waals surface area contributed by atoms with Crippen molar-refractivity contribution in [1.29, 1.82) is 0 Å². The summed E-state index contributed by atoms with van der Waals surface area (Å²) in [5.41, 5.74) is 3.34. The Kier molecular flexibility index (Phi) is 5.49. The highest BCUT2D eigenvalue weighted by Crippen LogP contribution is 2.23. The summed E-state index contributed by atoms with van der Waals surface area (Å²) in [7, 11) is 1.95. The second-order valence-corrected chi connectivity index (χ2v) is 5.96. The minimum Gasteiger partial charge on any atom is -0.394 e. The van der Waals surface area contributed by atoms with Crippen molar-refractivity contribution in [3.63, 3.8) is 0 Å². The number of amides is 1. The number of likely N-dealkylation sites (N-methyl/N-ethyl adjacent to an activating group) is 1. The number of hydrogen-bond donors (Lipinski definition) is 3. The third kappa shape index (κ3) is 4.01. The first-order chi connectivity index (χ1) is 8.81. The summed E-state index contributed by atoms with van der Waals surface area (Å²) in [5, 5.41) is 9.34. The van der Waals surface area contributed by atoms with Crippen LogP contribution in [0.15, 0.2) is 22.7 Å². The molecule has 19 heavy (non-hydrogen) atoms. The summed E-state index contributed by atoms with van der Waals surface area (Å²) in [6, 6.07) is 5.33. The number of hydrazine groups is 1. The van der Waals surface area contributed by atoms with Gasteiger partial charge < -0.3 is 5.11 Å². The Morgan fingerprint density at radius 3 is 2.63 bits per heavy atom. The smallest absolute Gasteiger partial charge is 0.265 e. The molecule has 0 aliphatic rings. The maximum absolute atomic E-state index is 11.4. The second kappa shape index (κ2) is 6.47. The van der Waals surface area contributed by atoms with Crippen LogP contribution in [0.25, 0.3) is 0 Å². The number of nitrogens with zero attached hydrogens (tertiary/aromatic N) is 1. The first-order valence-electron chi connectivity index (χ1n) is 5.93. The van der Waals surface area contributed by atoms with Crippen LogP contribution < -0.4 is 11.3 Å². The van der Waals surface area contributed by atoms with Gasteiger partial charge in [-0.25, -0.2) is 5.84 Å². The SMILES string of the molecule is CN(Cc1ccc(C(=O)NN)cc1Br)C(C)(C)CO. The third-order valence-electron chi connectivity index (χ3n) is 3.27. The number of nitrogens with one attached hydrogen (secondary N) is 1. The summed E-state index contributed by atoms with van der Waals surface area (Å²) < 4.78 is 0.842. The number of nitrogen functional groups attached to an aromatic ring is 1. The molecule has 1 aromatic carbocycles. The zero-order valence-electron chi connectivity index (χ0n) is 11.4. The topological polar surface area (TPSA) is 78.6 Å². The van der Waals surface area contributed by atoms with Gasteiger partial charge in [0.1, 0.15) is 0 Å². The van der Waals surface area contributed by atoms with E-state index in [1.54, 1.807) is 12.1 Å². The Morgan fingerprint density at radius 2 is 2.16 bits per heavy atom. The quantitative estimate of drug-likeness (QED) is 0.431. The van der Waals surface area contributed by atoms with Crippen LogP contribution in [0, 0.1) is 0 Å². The first-order valence-corrected chi connectivity index (χ1v) is 6.72. The molecule has 0 saturated carbocycles. The number of rotatable bonds is 5. The van der Waals surface area contributed by atoms with Crippen LogP contribution in [0.1, 0.15) is 29.8 Å². The lowest BCUT2D eigenvalue weighted by atomic mass is 10.0. The summed E-state index contributed by atoms with van der Waals surface area (Å²) in [4.78, 5) is 13.5. The normalized spacial score (nSPS) is 11.7. The van der Waals surface area contributed by atoms with E-state index in [0.29, 0.717) is 12.1 Å². The number of nitrogens with two attached hydrogens (primary N) is 1. The fourth-order valence-electron chi connectivity index (χ4n) is 1.49. The molecule has 0 saturated heterocycles. The monoisotopic (exact) mass is 329 g/mol. The first kappa shape index (κ1) is 16.1. The van der Waals surface area contributed by atoms with Gasteiger partial charge in [-0.2, -0.15) is 0 Å². The average Bonchev–Trinajstić information content (AvgIpc) is 2.39. The minimum atomic E-state index is -0.323. The summed E-state index contributed by atoms with van der Waals surface area (Å²) in [6.07, 6.45) is 0. The van der Waals surface area contributed by atoms with E-state index in [4.69, 9.17) is 5.84 Å². The average molecular weight is 330 g/mol. The Morgan fingerprint density at radius 1 is 1.53 bits per heavy atom. The standard InChI is InChI=1S/C13H20BrN3O2/c1-13(2,8-18)17(3)7-10-5-4-9(6-11(10)14)12(19)16-15/h4-6,18H,7-8,15H2,1-3H3,(H,16,19). The van der Waals surface area contributed by atoms with Crippen LogP contribution in [0.4, 0.5) is 0 Å². The summed E-state index contributed by atoms with van der Waals surface area (Å²) in [5.74, 6) is 4.77. The Balaban J connectivity index is 2.89. The van der Waals surface area contributed by atoms with E-state index in [0.717, 1.165) is 10.0 Å². The maximum atomic E-state index is 11.4. The van der Waals surface area contributed by atoms with Crippen molar-refractivity contribution in [2.75, 3.05) is 13.7 Å². The molecular weight excluding hydrogens is 310 g/mol. The highest BCUT2D eigenvalue weighted by atomic mass is 79.9. The number of aliphatic hydroxyl groups is 1. The van der Waals surface area contributed by atoms with E-state index >= 15 is 0 Å². The summed E-state index contributed by atoms with van der Waals surface area (Å²) >= 11 is 3.45. The predicted octanol–water partition coefficient (Wildman–Crippen LogP) is 1.26. The van der Waals surface area contributed by atoms with Gasteiger partial charge in [0.25, 0.3) is 5.91 Å². The summed E-state index contributed by atoms with van der Waals surface area (Å²) in [6.45, 7) is 4.68. The van der Waals surface area contributed by atoms with Gasteiger partial charge in [-0.1, -0.05) is 22.0 Å². The fraction of sp³-hybridized carbons (Fsp3) is 0.462. The van der Waals surface area contributed by atoms with E-state index in [-0.39, 0.29) is 18.1 Å². The molecule has 4 N–H and O–H groups in total. The molecule has 0 fully saturated rings. The number of halogens is 1. The van der Waals surface area contributed by atoms with Crippen molar-refractivity contribution in [2.24, 2.45) is 5.84 Å². The van der Waals surface area contributed by atoms with Gasteiger partial charge >= 0.3 is 0 Å². The van der Waals surface area contributed by atoms with Crippen molar-refractivity contribution in [3.05, 3.63) is 33.8 Å². The second-order valence-electron chi connectivity index (χ2n) is 5.11. The Bertz CT molecular complexity index is 463. The van der Waals surface area contributed by atoms with Gasteiger partial charge in [0, 0.05) is 22.1 Å².